The van der Waals surface area contributed by atoms with Gasteiger partial charge in [0.15, 0.2) is 0 Å². The second-order valence-electron chi connectivity index (χ2n) is 4.20. The summed E-state index contributed by atoms with van der Waals surface area (Å²) in [5.74, 6) is 0. The van der Waals surface area contributed by atoms with Gasteiger partial charge in [0.05, 0.1) is 23.6 Å². The molecule has 6 heteroatoms. The van der Waals surface area contributed by atoms with Crippen molar-refractivity contribution in [3.8, 4) is 0 Å². The Morgan fingerprint density at radius 1 is 1.47 bits per heavy atom. The molecule has 17 heavy (non-hydrogen) atoms. The van der Waals surface area contributed by atoms with E-state index in [1.165, 1.54) is 11.0 Å². The van der Waals surface area contributed by atoms with Gasteiger partial charge in [-0.3, -0.25) is 4.39 Å². The van der Waals surface area contributed by atoms with E-state index in [-0.39, 0.29) is 18.7 Å². The van der Waals surface area contributed by atoms with Crippen molar-refractivity contribution in [3.05, 3.63) is 11.4 Å². The molecule has 0 saturated carbocycles. The molecule has 1 heterocycles. The lowest BCUT2D eigenvalue weighted by Crippen LogP contribution is -2.26. The van der Waals surface area contributed by atoms with E-state index in [1.807, 2.05) is 0 Å². The molecule has 1 aliphatic carbocycles. The Labute approximate surface area is 98.0 Å². The largest absolute Gasteiger partial charge is 0.538 e. The summed E-state index contributed by atoms with van der Waals surface area (Å²) >= 11 is 0. The SMILES string of the molecule is O=[C-]C1(F)CCCCCc2c1nnn2CC=O. The Morgan fingerprint density at radius 2 is 2.29 bits per heavy atom. The fourth-order valence-electron chi connectivity index (χ4n) is 2.16. The lowest BCUT2D eigenvalue weighted by atomic mass is 9.90. The van der Waals surface area contributed by atoms with Crippen LogP contribution < -0.4 is 0 Å². The first kappa shape index (κ1) is 11.9. The molecule has 0 N–H and O–H groups in total. The number of halogens is 1. The first-order chi connectivity index (χ1) is 8.21. The highest BCUT2D eigenvalue weighted by molar-refractivity contribution is 5.66. The molecule has 2 rings (SSSR count). The molecule has 0 radical (unpaired) electrons. The third-order valence-electron chi connectivity index (χ3n) is 3.06. The molecule has 1 aromatic rings. The number of rotatable bonds is 3. The highest BCUT2D eigenvalue weighted by atomic mass is 19.1. The molecule has 0 amide bonds. The molecule has 0 spiro atoms. The van der Waals surface area contributed by atoms with Gasteiger partial charge in [0, 0.05) is 0 Å². The fraction of sp³-hybridized carbons (Fsp3) is 0.636. The Balaban J connectivity index is 2.45. The first-order valence-corrected chi connectivity index (χ1v) is 5.66. The van der Waals surface area contributed by atoms with Gasteiger partial charge in [0.2, 0.25) is 0 Å². The zero-order chi connectivity index (χ0) is 12.3. The summed E-state index contributed by atoms with van der Waals surface area (Å²) in [5, 5.41) is 7.45. The van der Waals surface area contributed by atoms with Crippen LogP contribution in [0, 0.1) is 0 Å². The van der Waals surface area contributed by atoms with E-state index in [9.17, 15) is 14.0 Å². The van der Waals surface area contributed by atoms with Gasteiger partial charge in [-0.1, -0.05) is 18.1 Å². The minimum absolute atomic E-state index is 0.0362. The maximum absolute atomic E-state index is 14.4. The molecule has 1 atom stereocenters. The molecule has 0 aliphatic heterocycles. The third-order valence-corrected chi connectivity index (χ3v) is 3.06. The Kier molecular flexibility index (Phi) is 3.31. The van der Waals surface area contributed by atoms with Gasteiger partial charge >= 0.3 is 0 Å². The van der Waals surface area contributed by atoms with Gasteiger partial charge in [-0.15, -0.1) is 5.10 Å². The van der Waals surface area contributed by atoms with Gasteiger partial charge in [-0.2, -0.15) is 0 Å². The van der Waals surface area contributed by atoms with Gasteiger partial charge in [-0.25, -0.2) is 11.0 Å². The fourth-order valence-corrected chi connectivity index (χ4v) is 2.16. The van der Waals surface area contributed by atoms with Crippen LogP contribution in [0.15, 0.2) is 0 Å². The number of carbonyl (C=O) groups excluding carboxylic acids is 2. The summed E-state index contributed by atoms with van der Waals surface area (Å²) in [4.78, 5) is 21.3. The van der Waals surface area contributed by atoms with Crippen LogP contribution in [0.4, 0.5) is 4.39 Å². The molecule has 5 nitrogen and oxygen atoms in total. The standard InChI is InChI=1S/C11H13FN3O2/c12-11(8-17)5-3-1-2-4-9-10(11)13-14-15(9)6-7-16/h7H,1-6H2/q-1. The average Bonchev–Trinajstić information content (AvgIpc) is 2.70. The van der Waals surface area contributed by atoms with Crippen LogP contribution in [0.1, 0.15) is 37.1 Å². The summed E-state index contributed by atoms with van der Waals surface area (Å²) in [7, 11) is 0. The van der Waals surface area contributed by atoms with Gasteiger partial charge < -0.3 is 9.59 Å². The topological polar surface area (TPSA) is 64.8 Å². The lowest BCUT2D eigenvalue weighted by Gasteiger charge is -2.29. The van der Waals surface area contributed by atoms with Gasteiger partial charge in [-0.05, 0) is 19.3 Å². The monoisotopic (exact) mass is 238 g/mol. The van der Waals surface area contributed by atoms with Crippen molar-refractivity contribution >= 4 is 12.6 Å². The molecule has 1 unspecified atom stereocenters. The predicted octanol–water partition coefficient (Wildman–Crippen LogP) is 0.868. The number of nitrogens with zero attached hydrogens (tertiary/aromatic N) is 3. The summed E-state index contributed by atoms with van der Waals surface area (Å²) in [6.07, 6.45) is 5.15. The minimum Gasteiger partial charge on any atom is -0.538 e. The second-order valence-corrected chi connectivity index (χ2v) is 4.20. The number of hydrogen-bond donors (Lipinski definition) is 0. The second kappa shape index (κ2) is 4.73. The van der Waals surface area contributed by atoms with Crippen molar-refractivity contribution in [2.45, 2.75) is 44.3 Å². The van der Waals surface area contributed by atoms with Crippen molar-refractivity contribution < 1.29 is 14.0 Å². The normalized spacial score (nSPS) is 24.5. The van der Waals surface area contributed by atoms with Crippen LogP contribution in [-0.4, -0.2) is 27.6 Å². The highest BCUT2D eigenvalue weighted by Crippen LogP contribution is 2.33. The molecule has 0 saturated heterocycles. The number of alkyl halides is 1. The van der Waals surface area contributed by atoms with E-state index < -0.39 is 5.67 Å². The molecule has 1 aliphatic rings. The van der Waals surface area contributed by atoms with Crippen LogP contribution >= 0.6 is 0 Å². The predicted molar refractivity (Wildman–Crippen MR) is 56.7 cm³/mol. The summed E-state index contributed by atoms with van der Waals surface area (Å²) in [6.45, 7) is 0.0390. The van der Waals surface area contributed by atoms with E-state index in [2.05, 4.69) is 10.3 Å². The minimum atomic E-state index is -2.17. The first-order valence-electron chi connectivity index (χ1n) is 5.66. The Morgan fingerprint density at radius 3 is 3.00 bits per heavy atom. The van der Waals surface area contributed by atoms with Crippen LogP contribution in [0.5, 0.6) is 0 Å². The van der Waals surface area contributed by atoms with Crippen LogP contribution in [0.3, 0.4) is 0 Å². The van der Waals surface area contributed by atoms with Crippen LogP contribution in [0.25, 0.3) is 0 Å². The number of aldehydes is 1. The van der Waals surface area contributed by atoms with E-state index in [4.69, 9.17) is 0 Å². The molecular weight excluding hydrogens is 225 g/mol. The summed E-state index contributed by atoms with van der Waals surface area (Å²) < 4.78 is 15.7. The number of aromatic nitrogens is 3. The van der Waals surface area contributed by atoms with Crippen molar-refractivity contribution in [2.75, 3.05) is 0 Å². The Bertz CT molecular complexity index is 432. The van der Waals surface area contributed by atoms with E-state index in [1.54, 1.807) is 0 Å². The van der Waals surface area contributed by atoms with E-state index in [0.717, 1.165) is 12.8 Å². The molecule has 0 bridgehead atoms. The van der Waals surface area contributed by atoms with E-state index >= 15 is 0 Å². The van der Waals surface area contributed by atoms with Crippen molar-refractivity contribution in [1.82, 2.24) is 15.0 Å². The van der Waals surface area contributed by atoms with Gasteiger partial charge in [0.25, 0.3) is 0 Å². The van der Waals surface area contributed by atoms with Crippen LogP contribution in [0.2, 0.25) is 0 Å². The summed E-state index contributed by atoms with van der Waals surface area (Å²) in [6, 6.07) is 0. The highest BCUT2D eigenvalue weighted by Gasteiger charge is 2.30. The Hall–Kier alpha value is -1.59. The zero-order valence-corrected chi connectivity index (χ0v) is 9.36. The zero-order valence-electron chi connectivity index (χ0n) is 9.36. The van der Waals surface area contributed by atoms with Crippen molar-refractivity contribution in [3.63, 3.8) is 0 Å². The van der Waals surface area contributed by atoms with Crippen LogP contribution in [-0.2, 0) is 28.2 Å². The molecule has 0 aromatic carbocycles. The molecule has 0 fully saturated rings. The molecular formula is C11H13FN3O2-. The van der Waals surface area contributed by atoms with Crippen molar-refractivity contribution in [1.29, 1.82) is 0 Å². The quantitative estimate of drug-likeness (QED) is 0.579. The third kappa shape index (κ3) is 2.11. The lowest BCUT2D eigenvalue weighted by molar-refractivity contribution is -0.108. The van der Waals surface area contributed by atoms with Crippen molar-refractivity contribution in [2.24, 2.45) is 0 Å². The summed E-state index contributed by atoms with van der Waals surface area (Å²) in [5.41, 5.74) is -1.59. The smallest absolute Gasteiger partial charge is 0.141 e. The number of carbonyl (C=O) groups is 1. The maximum atomic E-state index is 14.4. The maximum Gasteiger partial charge on any atom is 0.141 e. The van der Waals surface area contributed by atoms with Gasteiger partial charge in [0.1, 0.15) is 6.29 Å². The number of hydrogen-bond acceptors (Lipinski definition) is 4. The average molecular weight is 238 g/mol. The molecule has 92 valence electrons. The van der Waals surface area contributed by atoms with E-state index in [0.29, 0.717) is 24.8 Å². The number of fused-ring (bicyclic) bond motifs is 1. The molecule has 1 aromatic heterocycles.